The van der Waals surface area contributed by atoms with Crippen molar-refractivity contribution in [3.63, 3.8) is 0 Å². The topological polar surface area (TPSA) is 24.1 Å². The molecule has 1 unspecified atom stereocenters. The Bertz CT molecular complexity index is 175. The lowest BCUT2D eigenvalue weighted by Gasteiger charge is -2.18. The summed E-state index contributed by atoms with van der Waals surface area (Å²) < 4.78 is 0. The lowest BCUT2D eigenvalue weighted by molar-refractivity contribution is 0.363. The summed E-state index contributed by atoms with van der Waals surface area (Å²) in [5.41, 5.74) is 0.577. The summed E-state index contributed by atoms with van der Waals surface area (Å²) in [6.07, 6.45) is 5.35. The van der Waals surface area contributed by atoms with E-state index < -0.39 is 0 Å². The summed E-state index contributed by atoms with van der Waals surface area (Å²) in [7, 11) is 0. The minimum atomic E-state index is 0.577. The SMILES string of the molecule is CC(C)NCCCNC1CCC(C)(C)C1. The number of hydrogen-bond donors (Lipinski definition) is 2. The van der Waals surface area contributed by atoms with Gasteiger partial charge in [0, 0.05) is 12.1 Å². The summed E-state index contributed by atoms with van der Waals surface area (Å²) in [5.74, 6) is 0. The first kappa shape index (κ1) is 13.0. The lowest BCUT2D eigenvalue weighted by atomic mass is 9.92. The van der Waals surface area contributed by atoms with E-state index in [0.29, 0.717) is 11.5 Å². The van der Waals surface area contributed by atoms with Crippen molar-refractivity contribution in [1.29, 1.82) is 0 Å². The smallest absolute Gasteiger partial charge is 0.00723 e. The van der Waals surface area contributed by atoms with Gasteiger partial charge in [0.2, 0.25) is 0 Å². The zero-order chi connectivity index (χ0) is 11.3. The molecule has 2 N–H and O–H groups in total. The van der Waals surface area contributed by atoms with Gasteiger partial charge >= 0.3 is 0 Å². The standard InChI is InChI=1S/C13H28N2/c1-11(2)14-8-5-9-15-12-6-7-13(3,4)10-12/h11-12,14-15H,5-10H2,1-4H3. The second-order valence-corrected chi connectivity index (χ2v) is 6.02. The summed E-state index contributed by atoms with van der Waals surface area (Å²) in [6, 6.07) is 1.40. The Labute approximate surface area is 95.2 Å². The van der Waals surface area contributed by atoms with E-state index in [1.54, 1.807) is 0 Å². The number of rotatable bonds is 6. The van der Waals surface area contributed by atoms with Gasteiger partial charge in [0.25, 0.3) is 0 Å². The predicted molar refractivity (Wildman–Crippen MR) is 67.2 cm³/mol. The Balaban J connectivity index is 1.97. The normalized spacial score (nSPS) is 25.0. The van der Waals surface area contributed by atoms with Crippen LogP contribution in [0.2, 0.25) is 0 Å². The lowest BCUT2D eigenvalue weighted by Crippen LogP contribution is -2.31. The third-order valence-corrected chi connectivity index (χ3v) is 3.31. The molecule has 0 heterocycles. The first-order chi connectivity index (χ1) is 6.99. The quantitative estimate of drug-likeness (QED) is 0.661. The van der Waals surface area contributed by atoms with E-state index in [1.807, 2.05) is 0 Å². The molecule has 0 saturated heterocycles. The molecule has 1 rings (SSSR count). The van der Waals surface area contributed by atoms with Crippen LogP contribution in [0.1, 0.15) is 53.4 Å². The third kappa shape index (κ3) is 5.53. The minimum Gasteiger partial charge on any atom is -0.314 e. The molecule has 2 heteroatoms. The van der Waals surface area contributed by atoms with Crippen LogP contribution in [0.25, 0.3) is 0 Å². The van der Waals surface area contributed by atoms with Gasteiger partial charge in [-0.3, -0.25) is 0 Å². The van der Waals surface area contributed by atoms with Gasteiger partial charge in [0.05, 0.1) is 0 Å². The van der Waals surface area contributed by atoms with Crippen molar-refractivity contribution < 1.29 is 0 Å². The van der Waals surface area contributed by atoms with Gasteiger partial charge in [0.1, 0.15) is 0 Å². The zero-order valence-electron chi connectivity index (χ0n) is 10.9. The molecule has 1 atom stereocenters. The van der Waals surface area contributed by atoms with E-state index in [0.717, 1.165) is 12.6 Å². The Morgan fingerprint density at radius 1 is 1.27 bits per heavy atom. The Hall–Kier alpha value is -0.0800. The molecule has 1 saturated carbocycles. The fraction of sp³-hybridized carbons (Fsp3) is 1.00. The van der Waals surface area contributed by atoms with Gasteiger partial charge in [-0.15, -0.1) is 0 Å². The summed E-state index contributed by atoms with van der Waals surface area (Å²) in [6.45, 7) is 11.5. The second-order valence-electron chi connectivity index (χ2n) is 6.02. The van der Waals surface area contributed by atoms with E-state index in [4.69, 9.17) is 0 Å². The molecule has 0 aromatic carbocycles. The minimum absolute atomic E-state index is 0.577. The fourth-order valence-corrected chi connectivity index (χ4v) is 2.40. The molecule has 1 aliphatic rings. The molecular weight excluding hydrogens is 184 g/mol. The maximum absolute atomic E-state index is 3.67. The van der Waals surface area contributed by atoms with Crippen LogP contribution in [0.5, 0.6) is 0 Å². The van der Waals surface area contributed by atoms with Gasteiger partial charge in [-0.25, -0.2) is 0 Å². The predicted octanol–water partition coefficient (Wildman–Crippen LogP) is 2.54. The molecule has 1 fully saturated rings. The summed E-state index contributed by atoms with van der Waals surface area (Å²) in [5, 5.41) is 7.12. The van der Waals surface area contributed by atoms with E-state index in [2.05, 4.69) is 38.3 Å². The highest BCUT2D eigenvalue weighted by Crippen LogP contribution is 2.36. The van der Waals surface area contributed by atoms with Gasteiger partial charge in [0.15, 0.2) is 0 Å². The maximum atomic E-state index is 3.67. The Morgan fingerprint density at radius 3 is 2.53 bits per heavy atom. The van der Waals surface area contributed by atoms with Crippen molar-refractivity contribution in [3.8, 4) is 0 Å². The fourth-order valence-electron chi connectivity index (χ4n) is 2.40. The molecular formula is C13H28N2. The van der Waals surface area contributed by atoms with Gasteiger partial charge in [-0.2, -0.15) is 0 Å². The summed E-state index contributed by atoms with van der Waals surface area (Å²) in [4.78, 5) is 0. The largest absolute Gasteiger partial charge is 0.314 e. The molecule has 1 aliphatic carbocycles. The summed E-state index contributed by atoms with van der Waals surface area (Å²) >= 11 is 0. The van der Waals surface area contributed by atoms with Crippen molar-refractivity contribution in [2.75, 3.05) is 13.1 Å². The van der Waals surface area contributed by atoms with Crippen molar-refractivity contribution in [3.05, 3.63) is 0 Å². The van der Waals surface area contributed by atoms with Crippen molar-refractivity contribution >= 4 is 0 Å². The molecule has 0 bridgehead atoms. The van der Waals surface area contributed by atoms with Crippen LogP contribution in [-0.2, 0) is 0 Å². The molecule has 0 amide bonds. The van der Waals surface area contributed by atoms with Crippen molar-refractivity contribution in [2.24, 2.45) is 5.41 Å². The van der Waals surface area contributed by atoms with E-state index in [9.17, 15) is 0 Å². The van der Waals surface area contributed by atoms with Crippen LogP contribution < -0.4 is 10.6 Å². The van der Waals surface area contributed by atoms with Gasteiger partial charge in [-0.1, -0.05) is 27.7 Å². The van der Waals surface area contributed by atoms with Crippen LogP contribution in [0.3, 0.4) is 0 Å². The van der Waals surface area contributed by atoms with Crippen LogP contribution in [-0.4, -0.2) is 25.2 Å². The van der Waals surface area contributed by atoms with Crippen LogP contribution >= 0.6 is 0 Å². The van der Waals surface area contributed by atoms with Crippen LogP contribution in [0, 0.1) is 5.41 Å². The molecule has 90 valence electrons. The average Bonchev–Trinajstić information content (AvgIpc) is 2.44. The molecule has 0 aromatic heterocycles. The third-order valence-electron chi connectivity index (χ3n) is 3.31. The Morgan fingerprint density at radius 2 is 2.00 bits per heavy atom. The van der Waals surface area contributed by atoms with Gasteiger partial charge < -0.3 is 10.6 Å². The number of nitrogens with one attached hydrogen (secondary N) is 2. The van der Waals surface area contributed by atoms with Crippen LogP contribution in [0.4, 0.5) is 0 Å². The van der Waals surface area contributed by atoms with E-state index in [-0.39, 0.29) is 0 Å². The van der Waals surface area contributed by atoms with Crippen molar-refractivity contribution in [2.45, 2.75) is 65.5 Å². The highest BCUT2D eigenvalue weighted by Gasteiger charge is 2.30. The maximum Gasteiger partial charge on any atom is 0.00723 e. The monoisotopic (exact) mass is 212 g/mol. The molecule has 0 radical (unpaired) electrons. The van der Waals surface area contributed by atoms with Gasteiger partial charge in [-0.05, 0) is 44.2 Å². The van der Waals surface area contributed by atoms with Crippen LogP contribution in [0.15, 0.2) is 0 Å². The highest BCUT2D eigenvalue weighted by atomic mass is 14.9. The highest BCUT2D eigenvalue weighted by molar-refractivity contribution is 4.86. The molecule has 0 spiro atoms. The van der Waals surface area contributed by atoms with E-state index >= 15 is 0 Å². The molecule has 15 heavy (non-hydrogen) atoms. The Kier molecular flexibility index (Phi) is 5.07. The molecule has 0 aliphatic heterocycles. The first-order valence-electron chi connectivity index (χ1n) is 6.46. The molecule has 2 nitrogen and oxygen atoms in total. The average molecular weight is 212 g/mol. The van der Waals surface area contributed by atoms with E-state index in [1.165, 1.54) is 32.2 Å². The first-order valence-corrected chi connectivity index (χ1v) is 6.46. The van der Waals surface area contributed by atoms with Crippen molar-refractivity contribution in [1.82, 2.24) is 10.6 Å². The molecule has 0 aromatic rings. The zero-order valence-corrected chi connectivity index (χ0v) is 10.9. The second kappa shape index (κ2) is 5.86. The number of hydrogen-bond acceptors (Lipinski definition) is 2.